The minimum atomic E-state index is -0.807. The summed E-state index contributed by atoms with van der Waals surface area (Å²) in [5.74, 6) is -0.861. The van der Waals surface area contributed by atoms with E-state index in [4.69, 9.17) is 9.47 Å². The first kappa shape index (κ1) is 16.9. The molecule has 1 heterocycles. The summed E-state index contributed by atoms with van der Waals surface area (Å²) in [6.45, 7) is -0.148. The van der Waals surface area contributed by atoms with E-state index in [0.717, 1.165) is 6.42 Å². The van der Waals surface area contributed by atoms with E-state index in [1.54, 1.807) is 0 Å². The van der Waals surface area contributed by atoms with Crippen LogP contribution in [0.1, 0.15) is 16.8 Å². The minimum Gasteiger partial charge on any atom is -0.484 e. The van der Waals surface area contributed by atoms with Crippen molar-refractivity contribution in [1.29, 1.82) is 0 Å². The van der Waals surface area contributed by atoms with Crippen LogP contribution in [0.5, 0.6) is 5.75 Å². The van der Waals surface area contributed by atoms with Gasteiger partial charge in [0, 0.05) is 19.2 Å². The Hall–Kier alpha value is -2.42. The molecular weight excluding hydrogens is 311 g/mol. The number of nitro benzene ring substituents is 1. The molecule has 1 saturated heterocycles. The number of carbonyl (C=O) groups is 1. The normalized spacial score (nSPS) is 16.3. The zero-order valence-electron chi connectivity index (χ0n) is 12.5. The highest BCUT2D eigenvalue weighted by atomic mass is 19.1. The van der Waals surface area contributed by atoms with Gasteiger partial charge in [0.25, 0.3) is 0 Å². The van der Waals surface area contributed by atoms with Crippen LogP contribution in [-0.2, 0) is 9.47 Å². The smallest absolute Gasteiger partial charge is 0.338 e. The van der Waals surface area contributed by atoms with Gasteiger partial charge >= 0.3 is 11.7 Å². The Morgan fingerprint density at radius 1 is 1.57 bits per heavy atom. The summed E-state index contributed by atoms with van der Waals surface area (Å²) < 4.78 is 27.3. The molecule has 2 rings (SSSR count). The first-order valence-electron chi connectivity index (χ1n) is 7.01. The molecule has 0 radical (unpaired) electrons. The number of hydrogen-bond donors (Lipinski definition) is 1. The van der Waals surface area contributed by atoms with E-state index < -0.39 is 17.6 Å². The molecule has 1 aromatic rings. The summed E-state index contributed by atoms with van der Waals surface area (Å²) in [7, 11) is 1.20. The zero-order chi connectivity index (χ0) is 16.8. The van der Waals surface area contributed by atoms with Gasteiger partial charge in [-0.3, -0.25) is 10.1 Å². The number of methoxy groups -OCH3 is 1. The molecule has 23 heavy (non-hydrogen) atoms. The van der Waals surface area contributed by atoms with Crippen molar-refractivity contribution in [3.8, 4) is 5.75 Å². The second kappa shape index (κ2) is 7.73. The molecule has 1 N–H and O–H groups in total. The van der Waals surface area contributed by atoms with Gasteiger partial charge in [0.15, 0.2) is 5.75 Å². The van der Waals surface area contributed by atoms with Gasteiger partial charge in [0.1, 0.15) is 19.0 Å². The first-order valence-corrected chi connectivity index (χ1v) is 7.01. The maximum atomic E-state index is 12.3. The zero-order valence-corrected chi connectivity index (χ0v) is 12.5. The van der Waals surface area contributed by atoms with Gasteiger partial charge in [0.05, 0.1) is 23.7 Å². The van der Waals surface area contributed by atoms with Gasteiger partial charge in [-0.1, -0.05) is 0 Å². The molecule has 0 amide bonds. The summed E-state index contributed by atoms with van der Waals surface area (Å²) in [4.78, 5) is 22.4. The number of esters is 1. The second-order valence-electron chi connectivity index (χ2n) is 4.82. The van der Waals surface area contributed by atoms with Crippen LogP contribution in [-0.4, -0.2) is 50.5 Å². The maximum absolute atomic E-state index is 12.3. The van der Waals surface area contributed by atoms with E-state index in [-0.39, 0.29) is 35.4 Å². The van der Waals surface area contributed by atoms with Crippen LogP contribution in [0, 0.1) is 10.1 Å². The van der Waals surface area contributed by atoms with Crippen molar-refractivity contribution >= 4 is 17.3 Å². The summed E-state index contributed by atoms with van der Waals surface area (Å²) >= 11 is 0. The largest absolute Gasteiger partial charge is 0.484 e. The molecule has 1 aromatic carbocycles. The van der Waals surface area contributed by atoms with Crippen molar-refractivity contribution in [2.24, 2.45) is 0 Å². The molecule has 9 heteroatoms. The molecule has 8 nitrogen and oxygen atoms in total. The Morgan fingerprint density at radius 3 is 2.83 bits per heavy atom. The average Bonchev–Trinajstić information content (AvgIpc) is 2.49. The number of hydrogen-bond acceptors (Lipinski definition) is 7. The summed E-state index contributed by atoms with van der Waals surface area (Å²) in [5, 5.41) is 14.2. The Balaban J connectivity index is 2.36. The van der Waals surface area contributed by atoms with Gasteiger partial charge in [-0.05, 0) is 12.5 Å². The van der Waals surface area contributed by atoms with Gasteiger partial charge in [0.2, 0.25) is 0 Å². The third-order valence-corrected chi connectivity index (χ3v) is 3.33. The van der Waals surface area contributed by atoms with Crippen molar-refractivity contribution < 1.29 is 28.3 Å². The van der Waals surface area contributed by atoms with Crippen LogP contribution in [0.2, 0.25) is 0 Å². The highest BCUT2D eigenvalue weighted by molar-refractivity contribution is 5.93. The molecule has 0 aromatic heterocycles. The second-order valence-corrected chi connectivity index (χ2v) is 4.82. The molecule has 0 spiro atoms. The van der Waals surface area contributed by atoms with Crippen LogP contribution in [0.15, 0.2) is 12.1 Å². The monoisotopic (exact) mass is 328 g/mol. The molecule has 126 valence electrons. The summed E-state index contributed by atoms with van der Waals surface area (Å²) in [6, 6.07) is 2.48. The summed E-state index contributed by atoms with van der Waals surface area (Å²) in [6.07, 6.45) is 0.814. The van der Waals surface area contributed by atoms with Gasteiger partial charge in [-0.2, -0.15) is 0 Å². The quantitative estimate of drug-likeness (QED) is 0.442. The third-order valence-electron chi connectivity index (χ3n) is 3.33. The molecule has 1 fully saturated rings. The molecule has 1 aliphatic rings. The van der Waals surface area contributed by atoms with Crippen molar-refractivity contribution in [3.05, 3.63) is 27.8 Å². The number of nitro groups is 1. The number of halogens is 1. The lowest BCUT2D eigenvalue weighted by atomic mass is 10.1. The fraction of sp³-hybridized carbons (Fsp3) is 0.500. The van der Waals surface area contributed by atoms with Crippen LogP contribution < -0.4 is 10.1 Å². The molecule has 0 saturated carbocycles. The number of nitrogens with one attached hydrogen (secondary N) is 1. The highest BCUT2D eigenvalue weighted by Gasteiger charge is 2.26. The lowest BCUT2D eigenvalue weighted by Crippen LogP contribution is -2.33. The van der Waals surface area contributed by atoms with Crippen molar-refractivity contribution in [1.82, 2.24) is 0 Å². The van der Waals surface area contributed by atoms with Gasteiger partial charge in [-0.25, -0.2) is 9.18 Å². The van der Waals surface area contributed by atoms with Gasteiger partial charge in [-0.15, -0.1) is 0 Å². The molecular formula is C14H17FN2O6. The maximum Gasteiger partial charge on any atom is 0.338 e. The van der Waals surface area contributed by atoms with Crippen molar-refractivity contribution in [2.75, 3.05) is 38.9 Å². The number of benzene rings is 1. The predicted octanol–water partition coefficient (Wildman–Crippen LogP) is 1.93. The number of alkyl halides is 1. The van der Waals surface area contributed by atoms with Crippen molar-refractivity contribution in [2.45, 2.75) is 12.5 Å². The molecule has 1 aliphatic heterocycles. The van der Waals surface area contributed by atoms with Gasteiger partial charge < -0.3 is 19.5 Å². The Kier molecular flexibility index (Phi) is 5.69. The van der Waals surface area contributed by atoms with E-state index >= 15 is 0 Å². The lowest BCUT2D eigenvalue weighted by Gasteiger charge is -2.27. The topological polar surface area (TPSA) is 99.9 Å². The fourth-order valence-corrected chi connectivity index (χ4v) is 2.09. The van der Waals surface area contributed by atoms with E-state index in [2.05, 4.69) is 10.1 Å². The van der Waals surface area contributed by atoms with Crippen molar-refractivity contribution in [3.63, 3.8) is 0 Å². The fourth-order valence-electron chi connectivity index (χ4n) is 2.09. The molecule has 1 atom stereocenters. The number of ether oxygens (including phenoxy) is 3. The third kappa shape index (κ3) is 4.07. The van der Waals surface area contributed by atoms with E-state index in [9.17, 15) is 19.3 Å². The highest BCUT2D eigenvalue weighted by Crippen LogP contribution is 2.37. The lowest BCUT2D eigenvalue weighted by molar-refractivity contribution is -0.385. The van der Waals surface area contributed by atoms with Crippen LogP contribution >= 0.6 is 0 Å². The molecule has 0 unspecified atom stereocenters. The van der Waals surface area contributed by atoms with Crippen LogP contribution in [0.4, 0.5) is 15.8 Å². The predicted molar refractivity (Wildman–Crippen MR) is 78.8 cm³/mol. The van der Waals surface area contributed by atoms with Crippen LogP contribution in [0.3, 0.4) is 0 Å². The Labute approximate surface area is 131 Å². The number of rotatable bonds is 8. The minimum absolute atomic E-state index is 0.0356. The first-order chi connectivity index (χ1) is 11.1. The van der Waals surface area contributed by atoms with E-state index in [0.29, 0.717) is 13.2 Å². The Morgan fingerprint density at radius 2 is 2.30 bits per heavy atom. The molecule has 0 bridgehead atoms. The van der Waals surface area contributed by atoms with E-state index in [1.165, 1.54) is 19.2 Å². The van der Waals surface area contributed by atoms with Crippen LogP contribution in [0.25, 0.3) is 0 Å². The number of carbonyl (C=O) groups excluding carboxylic acids is 1. The van der Waals surface area contributed by atoms with E-state index in [1.807, 2.05) is 0 Å². The number of nitrogens with zero attached hydrogens (tertiary/aromatic N) is 1. The number of anilines is 1. The standard InChI is InChI=1S/C14H17FN2O6/c1-21-14(18)9-6-11(16-8-10-2-4-22-10)13(17(19)20)12(7-9)23-5-3-15/h6-7,10,16H,2-5,8H2,1H3/t10-/m0/s1. The average molecular weight is 328 g/mol. The Bertz CT molecular complexity index is 591. The SMILES string of the molecule is COC(=O)c1cc(NC[C@@H]2CCO2)c([N+](=O)[O-])c(OCCF)c1. The molecule has 0 aliphatic carbocycles. The summed E-state index contributed by atoms with van der Waals surface area (Å²) in [5.41, 5.74) is -0.184.